The second-order valence-corrected chi connectivity index (χ2v) is 11.1. The number of nitrogens with zero attached hydrogens (tertiary/aromatic N) is 2. The van der Waals surface area contributed by atoms with Crippen LogP contribution in [0, 0.1) is 5.41 Å². The standard InChI is InChI=1S/C17H32N2O4S/c1-13(18-24(21,22)16(5,6)7)17(8)9-11-19(12-10-17)14(20)23-15(2,3)4/h9-12H2,1-8H3. The molecule has 0 aromatic heterocycles. The molecule has 1 fully saturated rings. The highest BCUT2D eigenvalue weighted by Gasteiger charge is 2.38. The van der Waals surface area contributed by atoms with Gasteiger partial charge in [0.15, 0.2) is 0 Å². The van der Waals surface area contributed by atoms with Crippen molar-refractivity contribution in [2.75, 3.05) is 13.1 Å². The van der Waals surface area contributed by atoms with Gasteiger partial charge in [-0.3, -0.25) is 0 Å². The van der Waals surface area contributed by atoms with Gasteiger partial charge in [0.05, 0.1) is 4.75 Å². The van der Waals surface area contributed by atoms with E-state index >= 15 is 0 Å². The van der Waals surface area contributed by atoms with E-state index in [2.05, 4.69) is 4.40 Å². The molecule has 0 aromatic rings. The molecule has 0 aromatic carbocycles. The molecule has 0 atom stereocenters. The first-order valence-electron chi connectivity index (χ1n) is 8.37. The molecule has 24 heavy (non-hydrogen) atoms. The number of carbonyl (C=O) groups is 1. The fourth-order valence-electron chi connectivity index (χ4n) is 2.30. The number of sulfonamides is 1. The Hall–Kier alpha value is -1.11. The van der Waals surface area contributed by atoms with E-state index in [9.17, 15) is 13.2 Å². The van der Waals surface area contributed by atoms with Crippen LogP contribution >= 0.6 is 0 Å². The van der Waals surface area contributed by atoms with E-state index < -0.39 is 20.4 Å². The van der Waals surface area contributed by atoms with Gasteiger partial charge in [-0.15, -0.1) is 0 Å². The summed E-state index contributed by atoms with van der Waals surface area (Å²) >= 11 is 0. The maximum Gasteiger partial charge on any atom is 0.410 e. The quantitative estimate of drug-likeness (QED) is 0.705. The van der Waals surface area contributed by atoms with Crippen LogP contribution in [0.4, 0.5) is 4.79 Å². The predicted molar refractivity (Wildman–Crippen MR) is 96.9 cm³/mol. The Bertz CT molecular complexity index is 601. The zero-order chi connectivity index (χ0) is 19.0. The van der Waals surface area contributed by atoms with E-state index in [1.54, 1.807) is 32.6 Å². The Morgan fingerprint density at radius 3 is 1.92 bits per heavy atom. The molecule has 0 N–H and O–H groups in total. The van der Waals surface area contributed by atoms with Crippen LogP contribution in [0.25, 0.3) is 0 Å². The Labute approximate surface area is 146 Å². The summed E-state index contributed by atoms with van der Waals surface area (Å²) in [6.07, 6.45) is 1.02. The van der Waals surface area contributed by atoms with Crippen molar-refractivity contribution >= 4 is 21.8 Å². The molecule has 0 spiro atoms. The van der Waals surface area contributed by atoms with Crippen molar-refractivity contribution in [3.8, 4) is 0 Å². The van der Waals surface area contributed by atoms with Gasteiger partial charge < -0.3 is 9.64 Å². The average Bonchev–Trinajstić information content (AvgIpc) is 2.35. The molecule has 1 aliphatic heterocycles. The van der Waals surface area contributed by atoms with E-state index in [-0.39, 0.29) is 11.5 Å². The topological polar surface area (TPSA) is 76.0 Å². The third-order valence-corrected chi connectivity index (χ3v) is 6.49. The van der Waals surface area contributed by atoms with Gasteiger partial charge in [-0.25, -0.2) is 13.2 Å². The Balaban J connectivity index is 2.83. The zero-order valence-electron chi connectivity index (χ0n) is 16.3. The summed E-state index contributed by atoms with van der Waals surface area (Å²) in [5.74, 6) is 0. The van der Waals surface area contributed by atoms with Gasteiger partial charge in [0.2, 0.25) is 0 Å². The van der Waals surface area contributed by atoms with E-state index in [4.69, 9.17) is 4.74 Å². The molecular weight excluding hydrogens is 328 g/mol. The number of piperidine rings is 1. The summed E-state index contributed by atoms with van der Waals surface area (Å²) in [4.78, 5) is 13.8. The molecule has 1 rings (SSSR count). The first kappa shape index (κ1) is 20.9. The first-order chi connectivity index (χ1) is 10.6. The summed E-state index contributed by atoms with van der Waals surface area (Å²) in [6, 6.07) is 0. The van der Waals surface area contributed by atoms with Gasteiger partial charge in [-0.1, -0.05) is 6.92 Å². The van der Waals surface area contributed by atoms with Gasteiger partial charge in [-0.05, 0) is 61.3 Å². The lowest BCUT2D eigenvalue weighted by Gasteiger charge is -2.39. The molecule has 1 amide bonds. The van der Waals surface area contributed by atoms with Crippen LogP contribution in [0.1, 0.15) is 68.2 Å². The van der Waals surface area contributed by atoms with Gasteiger partial charge in [0, 0.05) is 24.2 Å². The third kappa shape index (κ3) is 5.19. The lowest BCUT2D eigenvalue weighted by atomic mass is 9.77. The Kier molecular flexibility index (Phi) is 5.80. The zero-order valence-corrected chi connectivity index (χ0v) is 17.1. The predicted octanol–water partition coefficient (Wildman–Crippen LogP) is 3.61. The van der Waals surface area contributed by atoms with E-state index in [0.717, 1.165) is 0 Å². The lowest BCUT2D eigenvalue weighted by Crippen LogP contribution is -2.46. The molecule has 0 radical (unpaired) electrons. The highest BCUT2D eigenvalue weighted by Crippen LogP contribution is 2.34. The lowest BCUT2D eigenvalue weighted by molar-refractivity contribution is 0.0165. The third-order valence-electron chi connectivity index (χ3n) is 4.42. The summed E-state index contributed by atoms with van der Waals surface area (Å²) in [6.45, 7) is 15.3. The SMILES string of the molecule is CC(=NS(=O)(=O)C(C)(C)C)C1(C)CCN(C(=O)OC(C)(C)C)CC1. The van der Waals surface area contributed by atoms with E-state index in [0.29, 0.717) is 31.6 Å². The summed E-state index contributed by atoms with van der Waals surface area (Å²) in [5, 5.41) is 0. The van der Waals surface area contributed by atoms with Crippen molar-refractivity contribution < 1.29 is 17.9 Å². The van der Waals surface area contributed by atoms with Crippen molar-refractivity contribution in [1.29, 1.82) is 0 Å². The number of hydrogen-bond acceptors (Lipinski definition) is 4. The minimum absolute atomic E-state index is 0.318. The second-order valence-electron chi connectivity index (χ2n) is 8.79. The van der Waals surface area contributed by atoms with Crippen molar-refractivity contribution in [3.63, 3.8) is 0 Å². The van der Waals surface area contributed by atoms with Crippen LogP contribution < -0.4 is 0 Å². The van der Waals surface area contributed by atoms with Crippen molar-refractivity contribution in [2.24, 2.45) is 9.81 Å². The average molecular weight is 361 g/mol. The summed E-state index contributed by atoms with van der Waals surface area (Å²) < 4.78 is 33.1. The number of likely N-dealkylation sites (tertiary alicyclic amines) is 1. The monoisotopic (exact) mass is 360 g/mol. The van der Waals surface area contributed by atoms with Crippen LogP contribution in [0.3, 0.4) is 0 Å². The summed E-state index contributed by atoms with van der Waals surface area (Å²) in [5.41, 5.74) is -0.228. The largest absolute Gasteiger partial charge is 0.444 e. The first-order valence-corrected chi connectivity index (χ1v) is 9.81. The van der Waals surface area contributed by atoms with Crippen molar-refractivity contribution in [3.05, 3.63) is 0 Å². The molecule has 6 nitrogen and oxygen atoms in total. The number of hydrogen-bond donors (Lipinski definition) is 0. The second kappa shape index (κ2) is 6.65. The smallest absolute Gasteiger partial charge is 0.410 e. The molecule has 140 valence electrons. The maximum absolute atomic E-state index is 12.3. The Morgan fingerprint density at radius 1 is 1.08 bits per heavy atom. The highest BCUT2D eigenvalue weighted by molar-refractivity contribution is 7.91. The molecular formula is C17H32N2O4S. The number of rotatable bonds is 2. The number of carbonyl (C=O) groups excluding carboxylic acids is 1. The minimum atomic E-state index is -3.56. The normalized spacial score (nSPS) is 20.0. The van der Waals surface area contributed by atoms with Crippen molar-refractivity contribution in [1.82, 2.24) is 4.90 Å². The highest BCUT2D eigenvalue weighted by atomic mass is 32.2. The van der Waals surface area contributed by atoms with Crippen LogP contribution in [0.2, 0.25) is 0 Å². The molecule has 1 aliphatic rings. The molecule has 0 aliphatic carbocycles. The minimum Gasteiger partial charge on any atom is -0.444 e. The fraction of sp³-hybridized carbons (Fsp3) is 0.882. The van der Waals surface area contributed by atoms with E-state index in [1.807, 2.05) is 27.7 Å². The van der Waals surface area contributed by atoms with Crippen molar-refractivity contribution in [2.45, 2.75) is 78.6 Å². The van der Waals surface area contributed by atoms with Crippen LogP contribution in [-0.4, -0.2) is 48.6 Å². The molecule has 0 bridgehead atoms. The van der Waals surface area contributed by atoms with Crippen LogP contribution in [-0.2, 0) is 14.8 Å². The van der Waals surface area contributed by atoms with E-state index in [1.165, 1.54) is 0 Å². The van der Waals surface area contributed by atoms with Gasteiger partial charge in [-0.2, -0.15) is 4.40 Å². The fourth-order valence-corrected chi connectivity index (χ4v) is 3.15. The van der Waals surface area contributed by atoms with Gasteiger partial charge >= 0.3 is 6.09 Å². The maximum atomic E-state index is 12.3. The summed E-state index contributed by atoms with van der Waals surface area (Å²) in [7, 11) is -3.56. The molecule has 1 heterocycles. The van der Waals surface area contributed by atoms with Crippen LogP contribution in [0.5, 0.6) is 0 Å². The van der Waals surface area contributed by atoms with Gasteiger partial charge in [0.1, 0.15) is 5.60 Å². The molecule has 7 heteroatoms. The molecule has 0 unspecified atom stereocenters. The number of ether oxygens (including phenoxy) is 1. The number of amides is 1. The molecule has 0 saturated carbocycles. The van der Waals surface area contributed by atoms with Crippen LogP contribution in [0.15, 0.2) is 4.40 Å². The Morgan fingerprint density at radius 2 is 1.54 bits per heavy atom. The van der Waals surface area contributed by atoms with Gasteiger partial charge in [0.25, 0.3) is 10.0 Å². The molecule has 1 saturated heterocycles.